The van der Waals surface area contributed by atoms with E-state index in [4.69, 9.17) is 0 Å². The molecule has 0 fully saturated rings. The Labute approximate surface area is 119 Å². The highest BCUT2D eigenvalue weighted by atomic mass is 15.2. The van der Waals surface area contributed by atoms with E-state index in [-0.39, 0.29) is 0 Å². The van der Waals surface area contributed by atoms with E-state index in [0.717, 1.165) is 39.3 Å². The van der Waals surface area contributed by atoms with Gasteiger partial charge in [0.1, 0.15) is 5.82 Å². The van der Waals surface area contributed by atoms with Crippen LogP contribution < -0.4 is 5.32 Å². The Balaban J connectivity index is 1.51. The number of hydrogen-bond acceptors (Lipinski definition) is 3. The lowest BCUT2D eigenvalue weighted by Crippen LogP contribution is -2.40. The molecule has 0 aliphatic carbocycles. The zero-order valence-corrected chi connectivity index (χ0v) is 11.6. The van der Waals surface area contributed by atoms with E-state index in [1.165, 1.54) is 17.0 Å². The number of rotatable bonds is 2. The summed E-state index contributed by atoms with van der Waals surface area (Å²) >= 11 is 0. The molecule has 0 bridgehead atoms. The second-order valence-electron chi connectivity index (χ2n) is 5.80. The molecule has 20 heavy (non-hydrogen) atoms. The second-order valence-corrected chi connectivity index (χ2v) is 5.80. The van der Waals surface area contributed by atoms with E-state index in [1.807, 2.05) is 6.20 Å². The van der Waals surface area contributed by atoms with Gasteiger partial charge in [-0.05, 0) is 11.1 Å². The smallest absolute Gasteiger partial charge is 0.122 e. The highest BCUT2D eigenvalue weighted by molar-refractivity contribution is 5.33. The van der Waals surface area contributed by atoms with Gasteiger partial charge >= 0.3 is 0 Å². The summed E-state index contributed by atoms with van der Waals surface area (Å²) < 4.78 is 2.27. The standard InChI is InChI=1S/C16H20N4/c1-2-4-15-13(3-1)9-17-10-14(15)11-19-7-8-20-6-5-18-16(20)12-19/h1-6,14,17H,7-12H2. The zero-order valence-electron chi connectivity index (χ0n) is 11.6. The van der Waals surface area contributed by atoms with Crippen LogP contribution in [0, 0.1) is 0 Å². The van der Waals surface area contributed by atoms with Crippen molar-refractivity contribution in [2.24, 2.45) is 0 Å². The molecule has 2 aliphatic heterocycles. The summed E-state index contributed by atoms with van der Waals surface area (Å²) in [6.07, 6.45) is 4.00. The lowest BCUT2D eigenvalue weighted by Gasteiger charge is -2.34. The average molecular weight is 268 g/mol. The maximum atomic E-state index is 4.45. The molecule has 0 amide bonds. The Bertz CT molecular complexity index is 604. The van der Waals surface area contributed by atoms with Crippen molar-refractivity contribution in [3.8, 4) is 0 Å². The van der Waals surface area contributed by atoms with Crippen LogP contribution in [0.15, 0.2) is 36.7 Å². The van der Waals surface area contributed by atoms with Crippen LogP contribution >= 0.6 is 0 Å². The number of fused-ring (bicyclic) bond motifs is 2. The fourth-order valence-corrected chi connectivity index (χ4v) is 3.44. The number of nitrogens with zero attached hydrogens (tertiary/aromatic N) is 3. The molecule has 1 atom stereocenters. The van der Waals surface area contributed by atoms with E-state index in [0.29, 0.717) is 5.92 Å². The zero-order chi connectivity index (χ0) is 13.4. The quantitative estimate of drug-likeness (QED) is 0.898. The minimum Gasteiger partial charge on any atom is -0.333 e. The fraction of sp³-hybridized carbons (Fsp3) is 0.438. The third kappa shape index (κ3) is 2.15. The van der Waals surface area contributed by atoms with E-state index in [9.17, 15) is 0 Å². The third-order valence-electron chi connectivity index (χ3n) is 4.50. The second kappa shape index (κ2) is 5.04. The molecule has 1 N–H and O–H groups in total. The van der Waals surface area contributed by atoms with E-state index >= 15 is 0 Å². The maximum absolute atomic E-state index is 4.45. The van der Waals surface area contributed by atoms with Crippen molar-refractivity contribution in [3.63, 3.8) is 0 Å². The summed E-state index contributed by atoms with van der Waals surface area (Å²) in [7, 11) is 0. The van der Waals surface area contributed by atoms with Gasteiger partial charge in [-0.2, -0.15) is 0 Å². The van der Waals surface area contributed by atoms with Gasteiger partial charge in [-0.3, -0.25) is 4.90 Å². The molecule has 1 aromatic heterocycles. The van der Waals surface area contributed by atoms with Crippen molar-refractivity contribution in [2.75, 3.05) is 19.6 Å². The minimum atomic E-state index is 0.599. The van der Waals surface area contributed by atoms with Gasteiger partial charge in [0.2, 0.25) is 0 Å². The molecule has 0 saturated carbocycles. The Hall–Kier alpha value is -1.65. The van der Waals surface area contributed by atoms with Crippen LogP contribution in [0.4, 0.5) is 0 Å². The first-order chi connectivity index (χ1) is 9.90. The molecule has 2 aliphatic rings. The van der Waals surface area contributed by atoms with Crippen LogP contribution in [0.3, 0.4) is 0 Å². The number of benzene rings is 1. The predicted molar refractivity (Wildman–Crippen MR) is 78.4 cm³/mol. The molecule has 0 saturated heterocycles. The van der Waals surface area contributed by atoms with Gasteiger partial charge in [0, 0.05) is 51.0 Å². The number of hydrogen-bond donors (Lipinski definition) is 1. The minimum absolute atomic E-state index is 0.599. The number of nitrogens with one attached hydrogen (secondary N) is 1. The van der Waals surface area contributed by atoms with Gasteiger partial charge in [0.15, 0.2) is 0 Å². The Morgan fingerprint density at radius 2 is 2.20 bits per heavy atom. The van der Waals surface area contributed by atoms with Crippen molar-refractivity contribution >= 4 is 0 Å². The molecule has 3 heterocycles. The molecule has 0 radical (unpaired) electrons. The summed E-state index contributed by atoms with van der Waals surface area (Å²) in [4.78, 5) is 6.99. The van der Waals surface area contributed by atoms with Gasteiger partial charge in [0.05, 0.1) is 6.54 Å². The SMILES string of the molecule is c1ccc2c(c1)CNCC2CN1CCn2ccnc2C1. The van der Waals surface area contributed by atoms with E-state index in [1.54, 1.807) is 0 Å². The van der Waals surface area contributed by atoms with Crippen LogP contribution in [0.25, 0.3) is 0 Å². The fourth-order valence-electron chi connectivity index (χ4n) is 3.44. The van der Waals surface area contributed by atoms with Gasteiger partial charge in [-0.15, -0.1) is 0 Å². The summed E-state index contributed by atoms with van der Waals surface area (Å²) in [5, 5.41) is 3.55. The van der Waals surface area contributed by atoms with Gasteiger partial charge in [0.25, 0.3) is 0 Å². The van der Waals surface area contributed by atoms with Crippen molar-refractivity contribution < 1.29 is 0 Å². The molecule has 4 nitrogen and oxygen atoms in total. The number of imidazole rings is 1. The molecule has 104 valence electrons. The Morgan fingerprint density at radius 3 is 3.20 bits per heavy atom. The first-order valence-corrected chi connectivity index (χ1v) is 7.41. The average Bonchev–Trinajstić information content (AvgIpc) is 2.95. The third-order valence-corrected chi connectivity index (χ3v) is 4.50. The van der Waals surface area contributed by atoms with Gasteiger partial charge in [-0.1, -0.05) is 24.3 Å². The van der Waals surface area contributed by atoms with Crippen LogP contribution in [0.5, 0.6) is 0 Å². The Morgan fingerprint density at radius 1 is 1.25 bits per heavy atom. The van der Waals surface area contributed by atoms with Crippen molar-refractivity contribution in [1.82, 2.24) is 19.8 Å². The summed E-state index contributed by atoms with van der Waals surface area (Å²) in [6.45, 7) is 6.39. The topological polar surface area (TPSA) is 33.1 Å². The molecule has 4 rings (SSSR count). The molecule has 1 aromatic carbocycles. The lowest BCUT2D eigenvalue weighted by molar-refractivity contribution is 0.200. The highest BCUT2D eigenvalue weighted by Gasteiger charge is 2.24. The summed E-state index contributed by atoms with van der Waals surface area (Å²) in [5.41, 5.74) is 2.99. The predicted octanol–water partition coefficient (Wildman–Crippen LogP) is 1.59. The molecule has 2 aromatic rings. The van der Waals surface area contributed by atoms with Crippen LogP contribution in [-0.4, -0.2) is 34.1 Å². The van der Waals surface area contributed by atoms with Crippen molar-refractivity contribution in [2.45, 2.75) is 25.6 Å². The van der Waals surface area contributed by atoms with Crippen LogP contribution in [0.2, 0.25) is 0 Å². The first-order valence-electron chi connectivity index (χ1n) is 7.41. The lowest BCUT2D eigenvalue weighted by atomic mass is 9.90. The van der Waals surface area contributed by atoms with Gasteiger partial charge in [-0.25, -0.2) is 4.98 Å². The number of aromatic nitrogens is 2. The van der Waals surface area contributed by atoms with E-state index in [2.05, 4.69) is 50.2 Å². The molecule has 0 spiro atoms. The monoisotopic (exact) mass is 268 g/mol. The van der Waals surface area contributed by atoms with Crippen LogP contribution in [-0.2, 0) is 19.6 Å². The van der Waals surface area contributed by atoms with Crippen molar-refractivity contribution in [3.05, 3.63) is 53.6 Å². The largest absolute Gasteiger partial charge is 0.333 e. The highest BCUT2D eigenvalue weighted by Crippen LogP contribution is 2.25. The van der Waals surface area contributed by atoms with Crippen LogP contribution in [0.1, 0.15) is 22.9 Å². The molecule has 1 unspecified atom stereocenters. The summed E-state index contributed by atoms with van der Waals surface area (Å²) in [6, 6.07) is 8.85. The molecular weight excluding hydrogens is 248 g/mol. The van der Waals surface area contributed by atoms with Gasteiger partial charge < -0.3 is 9.88 Å². The molecule has 4 heteroatoms. The van der Waals surface area contributed by atoms with E-state index < -0.39 is 0 Å². The van der Waals surface area contributed by atoms with Crippen molar-refractivity contribution in [1.29, 1.82) is 0 Å². The normalized spacial score (nSPS) is 22.3. The Kier molecular flexibility index (Phi) is 3.05. The molecular formula is C16H20N4. The maximum Gasteiger partial charge on any atom is 0.122 e. The first kappa shape index (κ1) is 12.1. The summed E-state index contributed by atoms with van der Waals surface area (Å²) in [5.74, 6) is 1.80.